The summed E-state index contributed by atoms with van der Waals surface area (Å²) in [5.41, 5.74) is 0.724. The predicted octanol–water partition coefficient (Wildman–Crippen LogP) is 0.655. The molecule has 1 aromatic carbocycles. The molecule has 0 radical (unpaired) electrons. The molecule has 1 atom stereocenters. The van der Waals surface area contributed by atoms with Crippen LogP contribution in [0, 0.1) is 0 Å². The van der Waals surface area contributed by atoms with Crippen LogP contribution in [0.25, 0.3) is 0 Å². The van der Waals surface area contributed by atoms with E-state index in [2.05, 4.69) is 0 Å². The van der Waals surface area contributed by atoms with Crippen molar-refractivity contribution in [1.29, 1.82) is 0 Å². The third-order valence-electron chi connectivity index (χ3n) is 3.66. The maximum absolute atomic E-state index is 12.4. The molecular weight excluding hydrogens is 312 g/mol. The summed E-state index contributed by atoms with van der Waals surface area (Å²) < 4.78 is 51.5. The van der Waals surface area contributed by atoms with Crippen molar-refractivity contribution in [1.82, 2.24) is 8.61 Å². The molecule has 118 valence electrons. The molecule has 1 saturated heterocycles. The van der Waals surface area contributed by atoms with E-state index >= 15 is 0 Å². The normalized spacial score (nSPS) is 23.9. The van der Waals surface area contributed by atoms with Crippen LogP contribution in [0.1, 0.15) is 17.2 Å². The highest BCUT2D eigenvalue weighted by Gasteiger charge is 2.35. The van der Waals surface area contributed by atoms with Crippen molar-refractivity contribution >= 4 is 20.0 Å². The molecule has 1 aliphatic rings. The topological polar surface area (TPSA) is 74.8 Å². The largest absolute Gasteiger partial charge is 0.281 e. The van der Waals surface area contributed by atoms with E-state index in [0.29, 0.717) is 0 Å². The fourth-order valence-corrected chi connectivity index (χ4v) is 5.46. The molecular formula is C13H20N2O4S2. The molecule has 1 aromatic rings. The number of hydrogen-bond donors (Lipinski definition) is 0. The maximum atomic E-state index is 12.4. The van der Waals surface area contributed by atoms with E-state index in [9.17, 15) is 16.8 Å². The molecule has 0 N–H and O–H groups in total. The monoisotopic (exact) mass is 332 g/mol. The molecule has 0 aliphatic carbocycles. The number of rotatable bonds is 3. The summed E-state index contributed by atoms with van der Waals surface area (Å²) in [5.74, 6) is -0.153. The zero-order chi connectivity index (χ0) is 15.7. The summed E-state index contributed by atoms with van der Waals surface area (Å²) in [6.07, 6.45) is 0.277. The summed E-state index contributed by atoms with van der Waals surface area (Å²) in [5, 5.41) is -0.638. The van der Waals surface area contributed by atoms with Gasteiger partial charge in [-0.3, -0.25) is 0 Å². The van der Waals surface area contributed by atoms with E-state index in [0.717, 1.165) is 9.87 Å². The first-order valence-electron chi connectivity index (χ1n) is 6.69. The van der Waals surface area contributed by atoms with Gasteiger partial charge in [0.05, 0.1) is 11.0 Å². The molecule has 0 bridgehead atoms. The fraction of sp³-hybridized carbons (Fsp3) is 0.538. The van der Waals surface area contributed by atoms with Crippen LogP contribution in [-0.4, -0.2) is 58.4 Å². The second-order valence-electron chi connectivity index (χ2n) is 5.24. The highest BCUT2D eigenvalue weighted by atomic mass is 32.2. The number of nitrogens with zero attached hydrogens (tertiary/aromatic N) is 2. The van der Waals surface area contributed by atoms with E-state index in [1.54, 1.807) is 24.3 Å². The summed E-state index contributed by atoms with van der Waals surface area (Å²) >= 11 is 0. The minimum Gasteiger partial charge on any atom is -0.228 e. The fourth-order valence-electron chi connectivity index (χ4n) is 2.43. The Hall–Kier alpha value is -0.960. The zero-order valence-corrected chi connectivity index (χ0v) is 13.8. The van der Waals surface area contributed by atoms with Gasteiger partial charge in [0.15, 0.2) is 9.84 Å². The van der Waals surface area contributed by atoms with Crippen molar-refractivity contribution < 1.29 is 16.8 Å². The van der Waals surface area contributed by atoms with Gasteiger partial charge in [-0.2, -0.15) is 17.0 Å². The lowest BCUT2D eigenvalue weighted by atomic mass is 10.1. The van der Waals surface area contributed by atoms with Gasteiger partial charge < -0.3 is 0 Å². The maximum Gasteiger partial charge on any atom is 0.281 e. The first-order chi connectivity index (χ1) is 9.75. The van der Waals surface area contributed by atoms with Gasteiger partial charge in [0.1, 0.15) is 0 Å². The van der Waals surface area contributed by atoms with Crippen LogP contribution in [0.5, 0.6) is 0 Å². The Morgan fingerprint density at radius 2 is 1.76 bits per heavy atom. The Morgan fingerprint density at radius 3 is 2.33 bits per heavy atom. The molecule has 6 nitrogen and oxygen atoms in total. The Balaban J connectivity index is 2.30. The van der Waals surface area contributed by atoms with E-state index in [-0.39, 0.29) is 25.3 Å². The minimum absolute atomic E-state index is 0.00613. The zero-order valence-electron chi connectivity index (χ0n) is 12.1. The van der Waals surface area contributed by atoms with E-state index in [1.807, 2.05) is 6.07 Å². The lowest BCUT2D eigenvalue weighted by Gasteiger charge is -2.23. The molecule has 0 spiro atoms. The van der Waals surface area contributed by atoms with E-state index < -0.39 is 25.3 Å². The first kappa shape index (κ1) is 16.4. The molecule has 0 amide bonds. The van der Waals surface area contributed by atoms with Gasteiger partial charge in [-0.1, -0.05) is 30.3 Å². The molecule has 8 heteroatoms. The van der Waals surface area contributed by atoms with Crippen LogP contribution >= 0.6 is 0 Å². The molecule has 0 saturated carbocycles. The van der Waals surface area contributed by atoms with Crippen LogP contribution in [0.3, 0.4) is 0 Å². The summed E-state index contributed by atoms with van der Waals surface area (Å²) in [4.78, 5) is 0. The lowest BCUT2D eigenvalue weighted by molar-refractivity contribution is 0.387. The van der Waals surface area contributed by atoms with Crippen molar-refractivity contribution in [2.75, 3.05) is 32.9 Å². The third kappa shape index (κ3) is 3.45. The minimum atomic E-state index is -3.58. The van der Waals surface area contributed by atoms with E-state index in [1.165, 1.54) is 18.4 Å². The Bertz CT molecular complexity index is 684. The van der Waals surface area contributed by atoms with Crippen LogP contribution in [-0.2, 0) is 20.0 Å². The molecule has 1 aliphatic heterocycles. The SMILES string of the molecule is CN(C)S(=O)(=O)N1CC[C@H](c2ccccc2)S(=O)(=O)CC1. The highest BCUT2D eigenvalue weighted by molar-refractivity contribution is 7.91. The summed E-state index contributed by atoms with van der Waals surface area (Å²) in [6, 6.07) is 8.97. The number of sulfone groups is 1. The van der Waals surface area contributed by atoms with Crippen molar-refractivity contribution in [2.24, 2.45) is 0 Å². The van der Waals surface area contributed by atoms with Gasteiger partial charge in [0.25, 0.3) is 10.2 Å². The molecule has 0 unspecified atom stereocenters. The number of hydrogen-bond acceptors (Lipinski definition) is 4. The quantitative estimate of drug-likeness (QED) is 0.815. The van der Waals surface area contributed by atoms with Crippen molar-refractivity contribution in [3.8, 4) is 0 Å². The average molecular weight is 332 g/mol. The molecule has 0 aromatic heterocycles. The second kappa shape index (κ2) is 6.04. The summed E-state index contributed by atoms with van der Waals surface area (Å²) in [7, 11) is -4.04. The smallest absolute Gasteiger partial charge is 0.228 e. The van der Waals surface area contributed by atoms with Gasteiger partial charge in [-0.15, -0.1) is 0 Å². The number of benzene rings is 1. The average Bonchev–Trinajstić information content (AvgIpc) is 2.58. The van der Waals surface area contributed by atoms with Crippen LogP contribution < -0.4 is 0 Å². The van der Waals surface area contributed by atoms with Crippen molar-refractivity contribution in [2.45, 2.75) is 11.7 Å². The van der Waals surface area contributed by atoms with Gasteiger partial charge >= 0.3 is 0 Å². The van der Waals surface area contributed by atoms with Crippen molar-refractivity contribution in [3.63, 3.8) is 0 Å². The van der Waals surface area contributed by atoms with Gasteiger partial charge in [0.2, 0.25) is 0 Å². The van der Waals surface area contributed by atoms with Crippen molar-refractivity contribution in [3.05, 3.63) is 35.9 Å². The summed E-state index contributed by atoms with van der Waals surface area (Å²) in [6.45, 7) is 0.214. The lowest BCUT2D eigenvalue weighted by Crippen LogP contribution is -2.41. The predicted molar refractivity (Wildman–Crippen MR) is 81.8 cm³/mol. The van der Waals surface area contributed by atoms with Crippen LogP contribution in [0.2, 0.25) is 0 Å². The second-order valence-corrected chi connectivity index (χ2v) is 9.69. The van der Waals surface area contributed by atoms with Crippen LogP contribution in [0.4, 0.5) is 0 Å². The standard InChI is InChI=1S/C13H20N2O4S2/c1-14(2)21(18,19)15-9-8-13(20(16,17)11-10-15)12-6-4-3-5-7-12/h3-7,13H,8-11H2,1-2H3/t13-/m1/s1. The molecule has 2 rings (SSSR count). The molecule has 21 heavy (non-hydrogen) atoms. The Morgan fingerprint density at radius 1 is 1.14 bits per heavy atom. The van der Waals surface area contributed by atoms with Gasteiger partial charge in [-0.05, 0) is 12.0 Å². The van der Waals surface area contributed by atoms with Gasteiger partial charge in [-0.25, -0.2) is 8.42 Å². The third-order valence-corrected chi connectivity index (χ3v) is 7.73. The molecule has 1 fully saturated rings. The highest BCUT2D eigenvalue weighted by Crippen LogP contribution is 2.30. The van der Waals surface area contributed by atoms with Crippen LogP contribution in [0.15, 0.2) is 30.3 Å². The molecule has 1 heterocycles. The first-order valence-corrected chi connectivity index (χ1v) is 9.80. The Labute approximate surface area is 126 Å². The van der Waals surface area contributed by atoms with E-state index in [4.69, 9.17) is 0 Å². The Kier molecular flexibility index (Phi) is 4.72. The van der Waals surface area contributed by atoms with Gasteiger partial charge in [0, 0.05) is 27.2 Å².